The highest BCUT2D eigenvalue weighted by Crippen LogP contribution is 2.23. The van der Waals surface area contributed by atoms with Crippen LogP contribution >= 0.6 is 0 Å². The number of nitrogens with one attached hydrogen (secondary N) is 1. The zero-order valence-electron chi connectivity index (χ0n) is 15.0. The Labute approximate surface area is 154 Å². The van der Waals surface area contributed by atoms with Gasteiger partial charge in [-0.15, -0.1) is 0 Å². The largest absolute Gasteiger partial charge is 0.353 e. The molecule has 1 aromatic heterocycles. The number of amides is 1. The highest BCUT2D eigenvalue weighted by atomic mass is 32.2. The lowest BCUT2D eigenvalue weighted by Crippen LogP contribution is -2.36. The molecule has 7 heteroatoms. The molecule has 1 saturated heterocycles. The van der Waals surface area contributed by atoms with Crippen LogP contribution in [0.15, 0.2) is 42.6 Å². The van der Waals surface area contributed by atoms with E-state index in [1.54, 1.807) is 12.1 Å². The van der Waals surface area contributed by atoms with E-state index in [1.165, 1.54) is 6.20 Å². The first-order chi connectivity index (χ1) is 12.4. The van der Waals surface area contributed by atoms with Crippen molar-refractivity contribution in [2.24, 2.45) is 0 Å². The van der Waals surface area contributed by atoms with Crippen LogP contribution in [0.1, 0.15) is 29.3 Å². The second-order valence-electron chi connectivity index (χ2n) is 6.57. The fourth-order valence-electron chi connectivity index (χ4n) is 3.16. The number of carbonyl (C=O) groups is 1. The molecule has 0 radical (unpaired) electrons. The topological polar surface area (TPSA) is 79.4 Å². The molecule has 1 aliphatic rings. The van der Waals surface area contributed by atoms with Crippen LogP contribution in [0.5, 0.6) is 0 Å². The van der Waals surface area contributed by atoms with Gasteiger partial charge >= 0.3 is 0 Å². The number of aryl methyl sites for hydroxylation is 1. The van der Waals surface area contributed by atoms with E-state index in [4.69, 9.17) is 0 Å². The summed E-state index contributed by atoms with van der Waals surface area (Å²) < 4.78 is 23.5. The van der Waals surface area contributed by atoms with Crippen LogP contribution in [0, 0.1) is 6.92 Å². The summed E-state index contributed by atoms with van der Waals surface area (Å²) >= 11 is 0. The predicted molar refractivity (Wildman–Crippen MR) is 103 cm³/mol. The van der Waals surface area contributed by atoms with Gasteiger partial charge in [0.2, 0.25) is 0 Å². The number of aromatic nitrogens is 1. The van der Waals surface area contributed by atoms with Gasteiger partial charge in [-0.25, -0.2) is 13.4 Å². The molecule has 1 fully saturated rings. The van der Waals surface area contributed by atoms with Gasteiger partial charge in [-0.2, -0.15) is 0 Å². The van der Waals surface area contributed by atoms with Crippen molar-refractivity contribution in [3.63, 3.8) is 0 Å². The van der Waals surface area contributed by atoms with Gasteiger partial charge in [0.05, 0.1) is 17.1 Å². The molecule has 6 nitrogen and oxygen atoms in total. The van der Waals surface area contributed by atoms with Gasteiger partial charge in [0.15, 0.2) is 9.84 Å². The number of hydrogen-bond acceptors (Lipinski definition) is 5. The van der Waals surface area contributed by atoms with Crippen LogP contribution in [0.2, 0.25) is 0 Å². The lowest BCUT2D eigenvalue weighted by molar-refractivity contribution is 0.102. The van der Waals surface area contributed by atoms with Gasteiger partial charge < -0.3 is 10.2 Å². The molecule has 3 rings (SSSR count). The Bertz CT molecular complexity index is 877. The molecule has 1 amide bonds. The van der Waals surface area contributed by atoms with Crippen LogP contribution in [-0.4, -0.2) is 43.4 Å². The molecular weight excluding hydrogens is 350 g/mol. The minimum Gasteiger partial charge on any atom is -0.353 e. The summed E-state index contributed by atoms with van der Waals surface area (Å²) in [6.07, 6.45) is 2.15. The van der Waals surface area contributed by atoms with Crippen LogP contribution in [0.3, 0.4) is 0 Å². The first-order valence-corrected chi connectivity index (χ1v) is 10.5. The van der Waals surface area contributed by atoms with E-state index in [-0.39, 0.29) is 23.5 Å². The average Bonchev–Trinajstić information content (AvgIpc) is 2.98. The minimum absolute atomic E-state index is 0.0512. The van der Waals surface area contributed by atoms with Crippen LogP contribution in [-0.2, 0) is 9.84 Å². The van der Waals surface area contributed by atoms with Crippen molar-refractivity contribution >= 4 is 27.2 Å². The Morgan fingerprint density at radius 3 is 2.50 bits per heavy atom. The molecule has 1 atom stereocenters. The summed E-state index contributed by atoms with van der Waals surface area (Å²) in [5.74, 6) is 0.865. The summed E-state index contributed by atoms with van der Waals surface area (Å²) in [7, 11) is -2.95. The van der Waals surface area contributed by atoms with E-state index in [9.17, 15) is 13.2 Å². The quantitative estimate of drug-likeness (QED) is 0.872. The number of benzene rings is 1. The van der Waals surface area contributed by atoms with E-state index in [0.29, 0.717) is 24.3 Å². The maximum absolute atomic E-state index is 12.3. The predicted octanol–water partition coefficient (Wildman–Crippen LogP) is 2.66. The number of anilines is 2. The molecule has 1 aliphatic heterocycles. The molecule has 2 aromatic rings. The molecule has 1 N–H and O–H groups in total. The Hall–Kier alpha value is -2.41. The molecule has 138 valence electrons. The zero-order valence-corrected chi connectivity index (χ0v) is 15.8. The SMILES string of the molecule is CCN(c1ccc(C(=O)Nc2ccc(C)cc2)cn1)C1CCS(=O)(=O)C1. The molecular formula is C19H23N3O3S. The first-order valence-electron chi connectivity index (χ1n) is 8.69. The van der Waals surface area contributed by atoms with Gasteiger partial charge in [0, 0.05) is 24.5 Å². The number of carbonyl (C=O) groups excluding carboxylic acids is 1. The van der Waals surface area contributed by atoms with Crippen molar-refractivity contribution in [3.05, 3.63) is 53.7 Å². The Morgan fingerprint density at radius 2 is 1.96 bits per heavy atom. The monoisotopic (exact) mass is 373 g/mol. The lowest BCUT2D eigenvalue weighted by atomic mass is 10.2. The van der Waals surface area contributed by atoms with Crippen LogP contribution in [0.4, 0.5) is 11.5 Å². The smallest absolute Gasteiger partial charge is 0.257 e. The van der Waals surface area contributed by atoms with Crippen molar-refractivity contribution in [1.82, 2.24) is 4.98 Å². The van der Waals surface area contributed by atoms with Crippen LogP contribution in [0.25, 0.3) is 0 Å². The molecule has 0 aliphatic carbocycles. The van der Waals surface area contributed by atoms with E-state index in [0.717, 1.165) is 11.3 Å². The van der Waals surface area contributed by atoms with Gasteiger partial charge in [-0.05, 0) is 44.5 Å². The molecule has 26 heavy (non-hydrogen) atoms. The van der Waals surface area contributed by atoms with Gasteiger partial charge in [0.25, 0.3) is 5.91 Å². The second-order valence-corrected chi connectivity index (χ2v) is 8.80. The molecule has 0 bridgehead atoms. The second kappa shape index (κ2) is 7.45. The minimum atomic E-state index is -2.95. The maximum atomic E-state index is 12.3. The van der Waals surface area contributed by atoms with E-state index in [1.807, 2.05) is 43.0 Å². The summed E-state index contributed by atoms with van der Waals surface area (Å²) in [4.78, 5) is 18.7. The highest BCUT2D eigenvalue weighted by molar-refractivity contribution is 7.91. The number of rotatable bonds is 5. The first kappa shape index (κ1) is 18.4. The Morgan fingerprint density at radius 1 is 1.23 bits per heavy atom. The summed E-state index contributed by atoms with van der Waals surface area (Å²) in [5.41, 5.74) is 2.32. The highest BCUT2D eigenvalue weighted by Gasteiger charge is 2.32. The molecule has 1 unspecified atom stereocenters. The standard InChI is InChI=1S/C19H23N3O3S/c1-3-22(17-10-11-26(24,25)13-17)18-9-6-15(12-20-18)19(23)21-16-7-4-14(2)5-8-16/h4-9,12,17H,3,10-11,13H2,1-2H3,(H,21,23). The van der Waals surface area contributed by atoms with Gasteiger partial charge in [0.1, 0.15) is 5.82 Å². The summed E-state index contributed by atoms with van der Waals surface area (Å²) in [6, 6.07) is 11.0. The third-order valence-electron chi connectivity index (χ3n) is 4.60. The van der Waals surface area contributed by atoms with E-state index < -0.39 is 9.84 Å². The number of pyridine rings is 1. The van der Waals surface area contributed by atoms with Crippen molar-refractivity contribution in [3.8, 4) is 0 Å². The van der Waals surface area contributed by atoms with Crippen molar-refractivity contribution in [2.75, 3.05) is 28.3 Å². The van der Waals surface area contributed by atoms with Gasteiger partial charge in [-0.1, -0.05) is 17.7 Å². The number of nitrogens with zero attached hydrogens (tertiary/aromatic N) is 2. The van der Waals surface area contributed by atoms with E-state index >= 15 is 0 Å². The fourth-order valence-corrected chi connectivity index (χ4v) is 4.89. The number of hydrogen-bond donors (Lipinski definition) is 1. The zero-order chi connectivity index (χ0) is 18.7. The van der Waals surface area contributed by atoms with E-state index in [2.05, 4.69) is 10.3 Å². The average molecular weight is 373 g/mol. The van der Waals surface area contributed by atoms with Gasteiger partial charge in [-0.3, -0.25) is 4.79 Å². The van der Waals surface area contributed by atoms with Crippen molar-refractivity contribution in [2.45, 2.75) is 26.3 Å². The normalized spacial score (nSPS) is 18.5. The van der Waals surface area contributed by atoms with Crippen molar-refractivity contribution in [1.29, 1.82) is 0 Å². The summed E-state index contributed by atoms with van der Waals surface area (Å²) in [5, 5.41) is 2.84. The Balaban J connectivity index is 1.70. The van der Waals surface area contributed by atoms with Crippen molar-refractivity contribution < 1.29 is 13.2 Å². The Kier molecular flexibility index (Phi) is 5.27. The fraction of sp³-hybridized carbons (Fsp3) is 0.368. The third kappa shape index (κ3) is 4.22. The molecule has 1 aromatic carbocycles. The lowest BCUT2D eigenvalue weighted by Gasteiger charge is -2.27. The number of sulfone groups is 1. The molecule has 2 heterocycles. The third-order valence-corrected chi connectivity index (χ3v) is 6.35. The molecule has 0 spiro atoms. The summed E-state index contributed by atoms with van der Waals surface area (Å²) in [6.45, 7) is 4.63. The van der Waals surface area contributed by atoms with Crippen LogP contribution < -0.4 is 10.2 Å². The molecule has 0 saturated carbocycles. The maximum Gasteiger partial charge on any atom is 0.257 e.